The van der Waals surface area contributed by atoms with Crippen LogP contribution in [0.5, 0.6) is 0 Å². The number of anilines is 2. The molecule has 0 radical (unpaired) electrons. The number of hydrazine groups is 2. The lowest BCUT2D eigenvalue weighted by Crippen LogP contribution is -2.51. The monoisotopic (exact) mass is 685 g/mol. The fourth-order valence-corrected chi connectivity index (χ4v) is 4.20. The van der Waals surface area contributed by atoms with Gasteiger partial charge in [-0.15, -0.1) is 11.2 Å². The van der Waals surface area contributed by atoms with Gasteiger partial charge in [0.1, 0.15) is 23.7 Å². The van der Waals surface area contributed by atoms with Gasteiger partial charge >= 0.3 is 25.6 Å². The number of nitrogens with zero attached hydrogens (tertiary/aromatic N) is 1. The van der Waals surface area contributed by atoms with E-state index in [0.29, 0.717) is 0 Å². The van der Waals surface area contributed by atoms with Crippen molar-refractivity contribution in [3.63, 3.8) is 0 Å². The van der Waals surface area contributed by atoms with Crippen LogP contribution in [0.3, 0.4) is 0 Å². The molecule has 0 aliphatic carbocycles. The first-order valence-corrected chi connectivity index (χ1v) is 12.5. The van der Waals surface area contributed by atoms with Gasteiger partial charge in [0.2, 0.25) is 11.6 Å². The number of aliphatic carboxylic acids is 1. The quantitative estimate of drug-likeness (QED) is 0.0652. The van der Waals surface area contributed by atoms with Gasteiger partial charge in [-0.25, -0.2) is 48.7 Å². The summed E-state index contributed by atoms with van der Waals surface area (Å²) in [6.45, 7) is 0.911. The summed E-state index contributed by atoms with van der Waals surface area (Å²) in [5.41, 5.74) is 0.373. The Kier molecular flexibility index (Phi) is 11.4. The molecule has 25 heteroatoms. The van der Waals surface area contributed by atoms with Crippen molar-refractivity contribution < 1.29 is 85.6 Å². The SMILES string of the molecule is CCC(C(=O)O)N(CP(=O)(ONNc1c(F)c(F)c(F)c(F)c1F)ONNc1c(F)c(F)c(F)c(F)c1F)C(=O)C(F)(F)F. The molecule has 5 N–H and O–H groups in total. The summed E-state index contributed by atoms with van der Waals surface area (Å²) in [4.78, 5) is 22.7. The first-order valence-electron chi connectivity index (χ1n) is 10.8. The van der Waals surface area contributed by atoms with E-state index in [4.69, 9.17) is 0 Å². The highest BCUT2D eigenvalue weighted by Crippen LogP contribution is 2.48. The first-order chi connectivity index (χ1) is 20.2. The van der Waals surface area contributed by atoms with Crippen LogP contribution in [0.25, 0.3) is 0 Å². The van der Waals surface area contributed by atoms with E-state index < -0.39 is 119 Å². The van der Waals surface area contributed by atoms with Gasteiger partial charge in [-0.05, 0) is 6.42 Å². The van der Waals surface area contributed by atoms with Gasteiger partial charge in [0.25, 0.3) is 0 Å². The van der Waals surface area contributed by atoms with Crippen molar-refractivity contribution in [1.82, 2.24) is 16.1 Å². The molecule has 1 unspecified atom stereocenters. The highest BCUT2D eigenvalue weighted by molar-refractivity contribution is 7.53. The van der Waals surface area contributed by atoms with E-state index in [1.807, 2.05) is 0 Å². The molecule has 0 saturated carbocycles. The lowest BCUT2D eigenvalue weighted by molar-refractivity contribution is -0.189. The number of halogens is 13. The second-order valence-electron chi connectivity index (χ2n) is 7.81. The molecule has 0 aliphatic heterocycles. The van der Waals surface area contributed by atoms with Crippen molar-refractivity contribution in [3.05, 3.63) is 58.2 Å². The number of hydrogen-bond acceptors (Lipinski definition) is 9. The third kappa shape index (κ3) is 7.61. The molecule has 0 spiro atoms. The van der Waals surface area contributed by atoms with Crippen molar-refractivity contribution in [2.24, 2.45) is 0 Å². The first kappa shape index (κ1) is 36.3. The van der Waals surface area contributed by atoms with Crippen LogP contribution in [0.1, 0.15) is 13.3 Å². The summed E-state index contributed by atoms with van der Waals surface area (Å²) in [5, 5.41) is 9.22. The Bertz CT molecular complexity index is 1360. The van der Waals surface area contributed by atoms with Gasteiger partial charge in [0.15, 0.2) is 46.5 Å². The average molecular weight is 685 g/mol. The lowest BCUT2D eigenvalue weighted by atomic mass is 10.2. The minimum atomic E-state index is -5.89. The van der Waals surface area contributed by atoms with Gasteiger partial charge in [-0.2, -0.15) is 22.4 Å². The molecule has 2 rings (SSSR count). The number of amides is 1. The minimum absolute atomic E-state index is 0.705. The molecule has 2 aromatic carbocycles. The zero-order valence-corrected chi connectivity index (χ0v) is 21.7. The summed E-state index contributed by atoms with van der Waals surface area (Å²) in [5.74, 6) is -31.0. The second-order valence-corrected chi connectivity index (χ2v) is 9.68. The van der Waals surface area contributed by atoms with Gasteiger partial charge in [-0.1, -0.05) is 6.92 Å². The van der Waals surface area contributed by atoms with Crippen molar-refractivity contribution in [2.75, 3.05) is 17.1 Å². The third-order valence-electron chi connectivity index (χ3n) is 5.02. The lowest BCUT2D eigenvalue weighted by Gasteiger charge is -2.31. The molecule has 11 nitrogen and oxygen atoms in total. The molecule has 0 saturated heterocycles. The molecule has 2 aromatic rings. The number of carboxylic acid groups (broad SMARTS) is 1. The van der Waals surface area contributed by atoms with Gasteiger partial charge in [-0.3, -0.25) is 20.2 Å². The predicted molar refractivity (Wildman–Crippen MR) is 115 cm³/mol. The van der Waals surface area contributed by atoms with E-state index in [1.54, 1.807) is 0 Å². The van der Waals surface area contributed by atoms with Crippen LogP contribution < -0.4 is 22.0 Å². The molecular weight excluding hydrogens is 672 g/mol. The normalized spacial score (nSPS) is 12.7. The maximum absolute atomic E-state index is 13.9. The number of carboxylic acids is 1. The fourth-order valence-electron chi connectivity index (χ4n) is 2.97. The van der Waals surface area contributed by atoms with Crippen LogP contribution in [0.15, 0.2) is 0 Å². The standard InChI is InChI=1S/C19H13F13N5O6P/c1-2-4(17(38)39)37(18(40)19(30,31)32)3-44(41,42-35-33-15-11(26)7(22)5(20)8(23)12(15)27)43-36-34-16-13(28)9(24)6(21)10(25)14(16)29/h4,33-36H,2-3H2,1H3,(H,38,39). The maximum atomic E-state index is 13.9. The van der Waals surface area contributed by atoms with Gasteiger partial charge in [0.05, 0.1) is 0 Å². The zero-order valence-electron chi connectivity index (χ0n) is 20.8. The van der Waals surface area contributed by atoms with Crippen molar-refractivity contribution >= 4 is 30.8 Å². The number of nitrogens with one attached hydrogen (secondary N) is 4. The van der Waals surface area contributed by atoms with E-state index in [0.717, 1.165) is 29.0 Å². The number of carbonyl (C=O) groups is 2. The summed E-state index contributed by atoms with van der Waals surface area (Å²) in [7, 11) is -5.82. The Hall–Kier alpha value is -3.86. The van der Waals surface area contributed by atoms with E-state index in [-0.39, 0.29) is 0 Å². The number of benzene rings is 2. The fraction of sp³-hybridized carbons (Fsp3) is 0.263. The van der Waals surface area contributed by atoms with E-state index in [1.165, 1.54) is 0 Å². The number of hydrogen-bond donors (Lipinski definition) is 5. The van der Waals surface area contributed by atoms with Crippen LogP contribution in [0.2, 0.25) is 0 Å². The zero-order chi connectivity index (χ0) is 33.9. The molecule has 1 amide bonds. The summed E-state index contributed by atoms with van der Waals surface area (Å²) in [6, 6.07) is -2.49. The molecule has 0 bridgehead atoms. The molecule has 0 fully saturated rings. The van der Waals surface area contributed by atoms with Crippen LogP contribution in [-0.2, 0) is 23.4 Å². The second kappa shape index (κ2) is 13.8. The van der Waals surface area contributed by atoms with Gasteiger partial charge in [0, 0.05) is 0 Å². The average Bonchev–Trinajstić information content (AvgIpc) is 2.95. The van der Waals surface area contributed by atoms with E-state index in [9.17, 15) is 76.3 Å². The van der Waals surface area contributed by atoms with E-state index >= 15 is 0 Å². The minimum Gasteiger partial charge on any atom is -0.480 e. The van der Waals surface area contributed by atoms with Gasteiger partial charge < -0.3 is 10.0 Å². The maximum Gasteiger partial charge on any atom is 0.471 e. The van der Waals surface area contributed by atoms with Crippen LogP contribution in [-0.4, -0.2) is 40.4 Å². The number of rotatable bonds is 13. The van der Waals surface area contributed by atoms with Crippen LogP contribution in [0, 0.1) is 58.2 Å². The molecule has 0 aliphatic rings. The van der Waals surface area contributed by atoms with Crippen LogP contribution >= 0.6 is 7.60 Å². The Labute approximate surface area is 234 Å². The highest BCUT2D eigenvalue weighted by atomic mass is 31.2. The van der Waals surface area contributed by atoms with Crippen LogP contribution in [0.4, 0.5) is 68.5 Å². The van der Waals surface area contributed by atoms with E-state index in [2.05, 4.69) is 9.25 Å². The molecule has 0 aromatic heterocycles. The molecule has 0 heterocycles. The number of alkyl halides is 3. The topological polar surface area (TPSA) is 141 Å². The third-order valence-corrected chi connectivity index (χ3v) is 6.41. The van der Waals surface area contributed by atoms with Crippen molar-refractivity contribution in [3.8, 4) is 0 Å². The smallest absolute Gasteiger partial charge is 0.471 e. The van der Waals surface area contributed by atoms with Crippen molar-refractivity contribution in [1.29, 1.82) is 0 Å². The molecule has 246 valence electrons. The molecule has 44 heavy (non-hydrogen) atoms. The Morgan fingerprint density at radius 3 is 1.32 bits per heavy atom. The number of carbonyl (C=O) groups excluding carboxylic acids is 1. The summed E-state index contributed by atoms with van der Waals surface area (Å²) < 4.78 is 197. The summed E-state index contributed by atoms with van der Waals surface area (Å²) >= 11 is 0. The molecule has 1 atom stereocenters. The Morgan fingerprint density at radius 1 is 0.727 bits per heavy atom. The highest BCUT2D eigenvalue weighted by Gasteiger charge is 2.49. The van der Waals surface area contributed by atoms with Crippen molar-refractivity contribution in [2.45, 2.75) is 25.6 Å². The Morgan fingerprint density at radius 2 is 1.05 bits per heavy atom. The largest absolute Gasteiger partial charge is 0.480 e. The Balaban J connectivity index is 2.48. The summed E-state index contributed by atoms with van der Waals surface area (Å²) in [6.07, 6.45) is -8.88. The predicted octanol–water partition coefficient (Wildman–Crippen LogP) is 4.88. The molecular formula is C19H13F13N5O6P.